The van der Waals surface area contributed by atoms with Crippen molar-refractivity contribution in [2.45, 2.75) is 95.3 Å². The number of primary amides is 1. The number of amides is 2. The Labute approximate surface area is 191 Å². The average Bonchev–Trinajstić information content (AvgIpc) is 3.46. The molecular formula is C25H37N3O4. The summed E-state index contributed by atoms with van der Waals surface area (Å²) in [6.07, 6.45) is 11.3. The normalized spacial score (nSPS) is 25.4. The number of benzene rings is 1. The molecule has 0 bridgehead atoms. The lowest BCUT2D eigenvalue weighted by Gasteiger charge is -2.39. The molecule has 7 heteroatoms. The molecule has 2 aliphatic carbocycles. The van der Waals surface area contributed by atoms with Crippen molar-refractivity contribution in [2.24, 2.45) is 10.9 Å². The van der Waals surface area contributed by atoms with Gasteiger partial charge in [-0.05, 0) is 76.0 Å². The molecule has 2 saturated carbocycles. The maximum absolute atomic E-state index is 11.9. The molecule has 0 aromatic heterocycles. The summed E-state index contributed by atoms with van der Waals surface area (Å²) in [5.41, 5.74) is 7.37. The summed E-state index contributed by atoms with van der Waals surface area (Å²) in [5, 5.41) is 4.48. The molecule has 2 N–H and O–H groups in total. The second-order valence-electron chi connectivity index (χ2n) is 9.50. The van der Waals surface area contributed by atoms with Crippen molar-refractivity contribution < 1.29 is 19.1 Å². The Morgan fingerprint density at radius 1 is 1.22 bits per heavy atom. The minimum atomic E-state index is -0.309. The molecular weight excluding hydrogens is 406 g/mol. The van der Waals surface area contributed by atoms with Crippen molar-refractivity contribution in [1.82, 2.24) is 4.90 Å². The largest absolute Gasteiger partial charge is 0.493 e. The first-order valence-corrected chi connectivity index (χ1v) is 12.2. The third-order valence-electron chi connectivity index (χ3n) is 7.27. The molecule has 1 heterocycles. The van der Waals surface area contributed by atoms with Gasteiger partial charge in [0, 0.05) is 24.6 Å². The summed E-state index contributed by atoms with van der Waals surface area (Å²) in [7, 11) is 1.68. The number of rotatable bonds is 8. The van der Waals surface area contributed by atoms with E-state index in [1.807, 2.05) is 23.1 Å². The van der Waals surface area contributed by atoms with E-state index < -0.39 is 0 Å². The molecule has 1 aromatic carbocycles. The Hall–Kier alpha value is -2.44. The van der Waals surface area contributed by atoms with Gasteiger partial charge in [-0.25, -0.2) is 4.79 Å². The number of hydrogen-bond acceptors (Lipinski definition) is 5. The third-order valence-corrected chi connectivity index (χ3v) is 7.27. The number of carbonyl (C=O) groups excluding carboxylic acids is 1. The number of unbranched alkanes of at least 4 members (excludes halogenated alkanes) is 1. The molecule has 0 unspecified atom stereocenters. The molecule has 2 fully saturated rings. The highest BCUT2D eigenvalue weighted by Crippen LogP contribution is 2.42. The first-order valence-electron chi connectivity index (χ1n) is 12.2. The van der Waals surface area contributed by atoms with Crippen LogP contribution in [-0.2, 0) is 4.84 Å². The van der Waals surface area contributed by atoms with Crippen LogP contribution >= 0.6 is 0 Å². The first kappa shape index (κ1) is 22.7. The van der Waals surface area contributed by atoms with E-state index in [1.54, 1.807) is 7.11 Å². The van der Waals surface area contributed by atoms with Gasteiger partial charge in [-0.3, -0.25) is 0 Å². The number of nitrogens with two attached hydrogens (primary N) is 1. The fourth-order valence-electron chi connectivity index (χ4n) is 5.32. The van der Waals surface area contributed by atoms with E-state index in [4.69, 9.17) is 20.0 Å². The molecule has 2 amide bonds. The number of hydrogen-bond donors (Lipinski definition) is 1. The lowest BCUT2D eigenvalue weighted by Crippen LogP contribution is -2.48. The van der Waals surface area contributed by atoms with E-state index >= 15 is 0 Å². The molecule has 32 heavy (non-hydrogen) atoms. The van der Waals surface area contributed by atoms with Gasteiger partial charge in [-0.15, -0.1) is 0 Å². The fraction of sp³-hybridized carbons (Fsp3) is 0.680. The van der Waals surface area contributed by atoms with Crippen LogP contribution in [0, 0.1) is 0 Å². The highest BCUT2D eigenvalue weighted by molar-refractivity contribution is 6.02. The summed E-state index contributed by atoms with van der Waals surface area (Å²) in [5.74, 6) is 1.55. The first-order chi connectivity index (χ1) is 15.5. The predicted octanol–water partition coefficient (Wildman–Crippen LogP) is 5.00. The quantitative estimate of drug-likeness (QED) is 0.612. The van der Waals surface area contributed by atoms with Gasteiger partial charge in [0.05, 0.1) is 18.9 Å². The standard InChI is InChI=1S/C25H37N3O4/c1-3-4-15-28(24(26)29)19-11-13-25(14-12-19)17-21(27-32-25)18-9-10-22(30-2)23(16-18)31-20-7-5-6-8-20/h9-10,16,19-20H,3-8,11-15,17H2,1-2H3,(H2,26,29). The van der Waals surface area contributed by atoms with Crippen LogP contribution in [-0.4, -0.2) is 48.0 Å². The smallest absolute Gasteiger partial charge is 0.315 e. The van der Waals surface area contributed by atoms with Gasteiger partial charge < -0.3 is 24.9 Å². The van der Waals surface area contributed by atoms with E-state index in [-0.39, 0.29) is 23.8 Å². The van der Waals surface area contributed by atoms with Crippen molar-refractivity contribution in [3.8, 4) is 11.5 Å². The summed E-state index contributed by atoms with van der Waals surface area (Å²) < 4.78 is 11.8. The molecule has 1 aliphatic heterocycles. The van der Waals surface area contributed by atoms with Crippen LogP contribution in [0.1, 0.15) is 83.1 Å². The zero-order valence-electron chi connectivity index (χ0n) is 19.5. The molecule has 4 rings (SSSR count). The highest BCUT2D eigenvalue weighted by Gasteiger charge is 2.44. The van der Waals surface area contributed by atoms with Gasteiger partial charge >= 0.3 is 6.03 Å². The van der Waals surface area contributed by atoms with Gasteiger partial charge in [0.1, 0.15) is 5.60 Å². The number of urea groups is 1. The van der Waals surface area contributed by atoms with Gasteiger partial charge in [0.15, 0.2) is 11.5 Å². The Morgan fingerprint density at radius 3 is 2.62 bits per heavy atom. The van der Waals surface area contributed by atoms with Crippen molar-refractivity contribution in [1.29, 1.82) is 0 Å². The van der Waals surface area contributed by atoms with Crippen LogP contribution in [0.5, 0.6) is 11.5 Å². The molecule has 3 aliphatic rings. The van der Waals surface area contributed by atoms with E-state index in [2.05, 4.69) is 12.1 Å². The summed E-state index contributed by atoms with van der Waals surface area (Å²) in [6, 6.07) is 5.93. The molecule has 1 spiro atoms. The number of nitrogens with zero attached hydrogens (tertiary/aromatic N) is 2. The van der Waals surface area contributed by atoms with Crippen LogP contribution in [0.2, 0.25) is 0 Å². The van der Waals surface area contributed by atoms with E-state index in [1.165, 1.54) is 12.8 Å². The number of oxime groups is 1. The lowest BCUT2D eigenvalue weighted by atomic mass is 9.78. The fourth-order valence-corrected chi connectivity index (χ4v) is 5.32. The van der Waals surface area contributed by atoms with Gasteiger partial charge in [-0.1, -0.05) is 18.5 Å². The van der Waals surface area contributed by atoms with Crippen molar-refractivity contribution in [3.63, 3.8) is 0 Å². The summed E-state index contributed by atoms with van der Waals surface area (Å²) in [4.78, 5) is 19.8. The minimum absolute atomic E-state index is 0.199. The summed E-state index contributed by atoms with van der Waals surface area (Å²) >= 11 is 0. The van der Waals surface area contributed by atoms with Crippen molar-refractivity contribution >= 4 is 11.7 Å². The molecule has 0 atom stereocenters. The number of methoxy groups -OCH3 is 1. The lowest BCUT2D eigenvalue weighted by molar-refractivity contribution is -0.0568. The number of carbonyl (C=O) groups is 1. The van der Waals surface area contributed by atoms with Crippen LogP contribution in [0.3, 0.4) is 0 Å². The van der Waals surface area contributed by atoms with Gasteiger partial charge in [-0.2, -0.15) is 0 Å². The summed E-state index contributed by atoms with van der Waals surface area (Å²) in [6.45, 7) is 2.87. The van der Waals surface area contributed by atoms with Gasteiger partial charge in [0.2, 0.25) is 0 Å². The van der Waals surface area contributed by atoms with Crippen LogP contribution < -0.4 is 15.2 Å². The minimum Gasteiger partial charge on any atom is -0.493 e. The second kappa shape index (κ2) is 10.0. The molecule has 1 aromatic rings. The van der Waals surface area contributed by atoms with Crippen molar-refractivity contribution in [3.05, 3.63) is 23.8 Å². The molecule has 0 radical (unpaired) electrons. The van der Waals surface area contributed by atoms with E-state index in [9.17, 15) is 4.79 Å². The van der Waals surface area contributed by atoms with Crippen LogP contribution in [0.25, 0.3) is 0 Å². The molecule has 7 nitrogen and oxygen atoms in total. The topological polar surface area (TPSA) is 86.4 Å². The monoisotopic (exact) mass is 443 g/mol. The average molecular weight is 444 g/mol. The Morgan fingerprint density at radius 2 is 1.97 bits per heavy atom. The van der Waals surface area contributed by atoms with E-state index in [0.29, 0.717) is 0 Å². The third kappa shape index (κ3) is 4.97. The molecule has 176 valence electrons. The number of ether oxygens (including phenoxy) is 2. The maximum Gasteiger partial charge on any atom is 0.315 e. The molecule has 0 saturated heterocycles. The van der Waals surface area contributed by atoms with Crippen molar-refractivity contribution in [2.75, 3.05) is 13.7 Å². The Balaban J connectivity index is 1.39. The van der Waals surface area contributed by atoms with Gasteiger partial charge in [0.25, 0.3) is 0 Å². The predicted molar refractivity (Wildman–Crippen MR) is 124 cm³/mol. The van der Waals surface area contributed by atoms with Crippen LogP contribution in [0.15, 0.2) is 23.4 Å². The van der Waals surface area contributed by atoms with E-state index in [0.717, 1.165) is 87.1 Å². The second-order valence-corrected chi connectivity index (χ2v) is 9.50. The maximum atomic E-state index is 11.9. The SMILES string of the molecule is CCCCN(C(N)=O)C1CCC2(CC1)CC(c1ccc(OC)c(OC3CCCC3)c1)=NO2. The Bertz CT molecular complexity index is 826. The van der Waals surface area contributed by atoms with Crippen LogP contribution in [0.4, 0.5) is 4.79 Å². The zero-order valence-corrected chi connectivity index (χ0v) is 19.5. The Kier molecular flexibility index (Phi) is 7.11. The zero-order chi connectivity index (χ0) is 22.6. The highest BCUT2D eigenvalue weighted by atomic mass is 16.7.